The normalized spacial score (nSPS) is 16.0. The lowest BCUT2D eigenvalue weighted by atomic mass is 10.1. The number of hydrogen-bond donors (Lipinski definition) is 0. The molecule has 19 heavy (non-hydrogen) atoms. The molecule has 100 valence electrons. The standard InChI is InChI=1S/C14H14ClNO3/c1-9-10-3-2-4-11(15)13(10)19-12(9)14(17)16-5-7-18-8-6-16/h2-4H,5-8H2,1H3. The Hall–Kier alpha value is -1.52. The number of furan rings is 1. The maximum Gasteiger partial charge on any atom is 0.290 e. The first-order valence-corrected chi connectivity index (χ1v) is 6.61. The predicted molar refractivity (Wildman–Crippen MR) is 72.7 cm³/mol. The molecule has 1 aromatic carbocycles. The molecule has 0 radical (unpaired) electrons. The van der Waals surface area contributed by atoms with Gasteiger partial charge in [0.15, 0.2) is 11.3 Å². The number of nitrogens with zero attached hydrogens (tertiary/aromatic N) is 1. The molecule has 1 amide bonds. The van der Waals surface area contributed by atoms with E-state index < -0.39 is 0 Å². The Kier molecular flexibility index (Phi) is 3.21. The lowest BCUT2D eigenvalue weighted by Gasteiger charge is -2.26. The second-order valence-electron chi connectivity index (χ2n) is 4.58. The summed E-state index contributed by atoms with van der Waals surface area (Å²) in [6.45, 7) is 4.24. The number of hydrogen-bond acceptors (Lipinski definition) is 3. The van der Waals surface area contributed by atoms with Gasteiger partial charge in [0.2, 0.25) is 0 Å². The fourth-order valence-corrected chi connectivity index (χ4v) is 2.54. The second kappa shape index (κ2) is 4.87. The summed E-state index contributed by atoms with van der Waals surface area (Å²) in [7, 11) is 0. The van der Waals surface area contributed by atoms with Gasteiger partial charge in [0.1, 0.15) is 0 Å². The van der Waals surface area contributed by atoms with Crippen LogP contribution in [0.15, 0.2) is 22.6 Å². The van der Waals surface area contributed by atoms with Crippen molar-refractivity contribution in [2.24, 2.45) is 0 Å². The van der Waals surface area contributed by atoms with Gasteiger partial charge in [-0.15, -0.1) is 0 Å². The molecule has 5 heteroatoms. The van der Waals surface area contributed by atoms with Crippen molar-refractivity contribution in [1.82, 2.24) is 4.90 Å². The highest BCUT2D eigenvalue weighted by Crippen LogP contribution is 2.31. The fourth-order valence-electron chi connectivity index (χ4n) is 2.32. The van der Waals surface area contributed by atoms with Crippen molar-refractivity contribution in [3.63, 3.8) is 0 Å². The van der Waals surface area contributed by atoms with Crippen LogP contribution in [0.3, 0.4) is 0 Å². The number of ether oxygens (including phenoxy) is 1. The minimum atomic E-state index is -0.0898. The van der Waals surface area contributed by atoms with Crippen molar-refractivity contribution in [1.29, 1.82) is 0 Å². The molecular weight excluding hydrogens is 266 g/mol. The molecule has 3 rings (SSSR count). The third-order valence-electron chi connectivity index (χ3n) is 3.41. The summed E-state index contributed by atoms with van der Waals surface area (Å²) in [6, 6.07) is 5.53. The van der Waals surface area contributed by atoms with Gasteiger partial charge < -0.3 is 14.1 Å². The number of carbonyl (C=O) groups is 1. The highest BCUT2D eigenvalue weighted by molar-refractivity contribution is 6.35. The maximum absolute atomic E-state index is 12.4. The van der Waals surface area contributed by atoms with Crippen LogP contribution in [0.1, 0.15) is 16.1 Å². The quantitative estimate of drug-likeness (QED) is 0.806. The van der Waals surface area contributed by atoms with Gasteiger partial charge in [-0.25, -0.2) is 0 Å². The monoisotopic (exact) mass is 279 g/mol. The molecule has 1 aliphatic rings. The molecule has 0 saturated carbocycles. The first-order chi connectivity index (χ1) is 9.18. The SMILES string of the molecule is Cc1c(C(=O)N2CCOCC2)oc2c(Cl)cccc12. The van der Waals surface area contributed by atoms with E-state index in [2.05, 4.69) is 0 Å². The lowest BCUT2D eigenvalue weighted by molar-refractivity contribution is 0.0283. The van der Waals surface area contributed by atoms with Gasteiger partial charge in [-0.3, -0.25) is 4.79 Å². The van der Waals surface area contributed by atoms with Crippen LogP contribution >= 0.6 is 11.6 Å². The van der Waals surface area contributed by atoms with E-state index in [1.807, 2.05) is 19.1 Å². The molecular formula is C14H14ClNO3. The van der Waals surface area contributed by atoms with E-state index in [0.29, 0.717) is 42.7 Å². The zero-order valence-corrected chi connectivity index (χ0v) is 11.4. The van der Waals surface area contributed by atoms with E-state index in [1.54, 1.807) is 11.0 Å². The molecule has 0 aliphatic carbocycles. The summed E-state index contributed by atoms with van der Waals surface area (Å²) in [5.74, 6) is 0.290. The van der Waals surface area contributed by atoms with Crippen molar-refractivity contribution in [2.45, 2.75) is 6.92 Å². The van der Waals surface area contributed by atoms with E-state index in [1.165, 1.54) is 0 Å². The smallest absolute Gasteiger partial charge is 0.290 e. The number of carbonyl (C=O) groups excluding carboxylic acids is 1. The second-order valence-corrected chi connectivity index (χ2v) is 4.98. The Labute approximate surface area is 115 Å². The largest absolute Gasteiger partial charge is 0.449 e. The molecule has 1 aromatic heterocycles. The number of fused-ring (bicyclic) bond motifs is 1. The molecule has 4 nitrogen and oxygen atoms in total. The van der Waals surface area contributed by atoms with Gasteiger partial charge in [0.05, 0.1) is 18.2 Å². The average Bonchev–Trinajstić information content (AvgIpc) is 2.78. The molecule has 1 aliphatic heterocycles. The molecule has 2 heterocycles. The Balaban J connectivity index is 2.02. The first-order valence-electron chi connectivity index (χ1n) is 6.23. The van der Waals surface area contributed by atoms with Gasteiger partial charge in [0, 0.05) is 24.0 Å². The molecule has 1 fully saturated rings. The van der Waals surface area contributed by atoms with Crippen LogP contribution in [0.4, 0.5) is 0 Å². The Morgan fingerprint density at radius 1 is 1.32 bits per heavy atom. The van der Waals surface area contributed by atoms with Gasteiger partial charge in [-0.2, -0.15) is 0 Å². The Bertz CT molecular complexity index is 629. The molecule has 0 unspecified atom stereocenters. The van der Waals surface area contributed by atoms with Crippen LogP contribution in [0.5, 0.6) is 0 Å². The number of halogens is 1. The Morgan fingerprint density at radius 3 is 2.74 bits per heavy atom. The molecule has 1 saturated heterocycles. The summed E-state index contributed by atoms with van der Waals surface area (Å²) in [5, 5.41) is 1.42. The van der Waals surface area contributed by atoms with E-state index >= 15 is 0 Å². The average molecular weight is 280 g/mol. The predicted octanol–water partition coefficient (Wildman–Crippen LogP) is 2.87. The van der Waals surface area contributed by atoms with Crippen LogP contribution in [-0.4, -0.2) is 37.1 Å². The van der Waals surface area contributed by atoms with Crippen LogP contribution in [-0.2, 0) is 4.74 Å². The van der Waals surface area contributed by atoms with Crippen molar-refractivity contribution in [3.05, 3.63) is 34.5 Å². The molecule has 2 aromatic rings. The molecule has 0 N–H and O–H groups in total. The van der Waals surface area contributed by atoms with Crippen molar-refractivity contribution in [3.8, 4) is 0 Å². The highest BCUT2D eigenvalue weighted by atomic mass is 35.5. The maximum atomic E-state index is 12.4. The Morgan fingerprint density at radius 2 is 2.05 bits per heavy atom. The van der Waals surface area contributed by atoms with Crippen LogP contribution < -0.4 is 0 Å². The molecule has 0 bridgehead atoms. The van der Waals surface area contributed by atoms with Gasteiger partial charge >= 0.3 is 0 Å². The number of para-hydroxylation sites is 1. The zero-order valence-electron chi connectivity index (χ0n) is 10.6. The molecule has 0 spiro atoms. The minimum absolute atomic E-state index is 0.0898. The van der Waals surface area contributed by atoms with E-state index in [9.17, 15) is 4.79 Å². The van der Waals surface area contributed by atoms with E-state index in [-0.39, 0.29) is 5.91 Å². The fraction of sp³-hybridized carbons (Fsp3) is 0.357. The van der Waals surface area contributed by atoms with Crippen molar-refractivity contribution in [2.75, 3.05) is 26.3 Å². The van der Waals surface area contributed by atoms with Gasteiger partial charge in [-0.1, -0.05) is 23.7 Å². The van der Waals surface area contributed by atoms with Crippen molar-refractivity contribution >= 4 is 28.5 Å². The summed E-state index contributed by atoms with van der Waals surface area (Å²) < 4.78 is 10.9. The number of aryl methyl sites for hydroxylation is 1. The summed E-state index contributed by atoms with van der Waals surface area (Å²) in [6.07, 6.45) is 0. The van der Waals surface area contributed by atoms with Gasteiger partial charge in [-0.05, 0) is 13.0 Å². The van der Waals surface area contributed by atoms with E-state index in [0.717, 1.165) is 10.9 Å². The zero-order chi connectivity index (χ0) is 13.4. The van der Waals surface area contributed by atoms with Crippen molar-refractivity contribution < 1.29 is 13.9 Å². The van der Waals surface area contributed by atoms with Crippen LogP contribution in [0.25, 0.3) is 11.0 Å². The van der Waals surface area contributed by atoms with Crippen LogP contribution in [0, 0.1) is 6.92 Å². The number of benzene rings is 1. The first kappa shape index (κ1) is 12.5. The van der Waals surface area contributed by atoms with E-state index in [4.69, 9.17) is 20.8 Å². The topological polar surface area (TPSA) is 42.7 Å². The third kappa shape index (κ3) is 2.11. The molecule has 0 atom stereocenters. The number of morpholine rings is 1. The lowest BCUT2D eigenvalue weighted by Crippen LogP contribution is -2.40. The van der Waals surface area contributed by atoms with Gasteiger partial charge in [0.25, 0.3) is 5.91 Å². The van der Waals surface area contributed by atoms with Crippen LogP contribution in [0.2, 0.25) is 5.02 Å². The number of rotatable bonds is 1. The summed E-state index contributed by atoms with van der Waals surface area (Å²) in [4.78, 5) is 14.2. The minimum Gasteiger partial charge on any atom is -0.449 e. The summed E-state index contributed by atoms with van der Waals surface area (Å²) in [5.41, 5.74) is 1.42. The number of amides is 1. The highest BCUT2D eigenvalue weighted by Gasteiger charge is 2.25. The third-order valence-corrected chi connectivity index (χ3v) is 3.71. The summed E-state index contributed by atoms with van der Waals surface area (Å²) >= 11 is 6.09.